The molecule has 0 aliphatic heterocycles. The smallest absolute Gasteiger partial charge is 0.326 e. The molecule has 61 heavy (non-hydrogen) atoms. The van der Waals surface area contributed by atoms with Crippen molar-refractivity contribution in [3.05, 3.63) is 96.1 Å². The average molecular weight is 848 g/mol. The van der Waals surface area contributed by atoms with E-state index in [2.05, 4.69) is 26.6 Å². The van der Waals surface area contributed by atoms with Crippen LogP contribution in [0.5, 0.6) is 11.5 Å². The Hall–Kier alpha value is -6.33. The summed E-state index contributed by atoms with van der Waals surface area (Å²) in [5.41, 5.74) is 0.851. The van der Waals surface area contributed by atoms with Crippen LogP contribution in [0.3, 0.4) is 0 Å². The van der Waals surface area contributed by atoms with Crippen LogP contribution in [0.25, 0.3) is 0 Å². The van der Waals surface area contributed by atoms with E-state index in [-0.39, 0.29) is 30.7 Å². The number of aliphatic hydroxyl groups excluding tert-OH is 2. The van der Waals surface area contributed by atoms with E-state index in [0.29, 0.717) is 17.1 Å². The number of aliphatic carboxylic acids is 2. The Morgan fingerprint density at radius 1 is 0.639 bits per heavy atom. The molecule has 0 aliphatic carbocycles. The fourth-order valence-corrected chi connectivity index (χ4v) is 6.23. The van der Waals surface area contributed by atoms with Gasteiger partial charge < -0.3 is 51.7 Å². The third-order valence-corrected chi connectivity index (χ3v) is 9.51. The second-order valence-electron chi connectivity index (χ2n) is 15.5. The first kappa shape index (κ1) is 49.0. The van der Waals surface area contributed by atoms with Crippen molar-refractivity contribution >= 4 is 41.5 Å². The van der Waals surface area contributed by atoms with E-state index < -0.39 is 103 Å². The van der Waals surface area contributed by atoms with Gasteiger partial charge in [0, 0.05) is 12.8 Å². The van der Waals surface area contributed by atoms with Gasteiger partial charge in [0.05, 0.1) is 18.6 Å². The second-order valence-corrected chi connectivity index (χ2v) is 15.5. The average Bonchev–Trinajstić information content (AvgIpc) is 3.20. The number of carbonyl (C=O) groups is 7. The first-order valence-electron chi connectivity index (χ1n) is 20.0. The van der Waals surface area contributed by atoms with E-state index in [4.69, 9.17) is 4.74 Å². The Balaban J connectivity index is 1.62. The molecule has 0 fully saturated rings. The van der Waals surface area contributed by atoms with Gasteiger partial charge in [0.2, 0.25) is 23.6 Å². The maximum absolute atomic E-state index is 13.4. The Labute approximate surface area is 354 Å². The highest BCUT2D eigenvalue weighted by Crippen LogP contribution is 2.25. The lowest BCUT2D eigenvalue weighted by molar-refractivity contribution is -0.143. The van der Waals surface area contributed by atoms with Crippen molar-refractivity contribution < 1.29 is 58.7 Å². The van der Waals surface area contributed by atoms with Crippen LogP contribution in [-0.4, -0.2) is 98.2 Å². The molecule has 3 aromatic carbocycles. The molecular weight excluding hydrogens is 791 g/mol. The molecule has 17 heteroatoms. The molecule has 5 amide bonds. The molecule has 0 bridgehead atoms. The molecular formula is C44H57N5O12. The number of benzene rings is 3. The first-order chi connectivity index (χ1) is 28.8. The number of ether oxygens (including phenoxy) is 1. The molecule has 3 rings (SSSR count). The quantitative estimate of drug-likeness (QED) is 0.0630. The van der Waals surface area contributed by atoms with Gasteiger partial charge in [-0.3, -0.25) is 28.8 Å². The van der Waals surface area contributed by atoms with E-state index in [1.807, 2.05) is 19.9 Å². The van der Waals surface area contributed by atoms with Crippen LogP contribution in [0.1, 0.15) is 77.5 Å². The molecule has 0 aliphatic rings. The minimum Gasteiger partial charge on any atom is -0.481 e. The third-order valence-electron chi connectivity index (χ3n) is 9.51. The van der Waals surface area contributed by atoms with Crippen LogP contribution >= 0.6 is 0 Å². The highest BCUT2D eigenvalue weighted by atomic mass is 16.5. The molecule has 0 aromatic heterocycles. The van der Waals surface area contributed by atoms with Crippen molar-refractivity contribution in [2.24, 2.45) is 11.8 Å². The predicted octanol–water partition coefficient (Wildman–Crippen LogP) is 2.60. The number of hydrogen-bond donors (Lipinski definition) is 9. The number of aliphatic hydroxyl groups is 2. The van der Waals surface area contributed by atoms with Gasteiger partial charge in [-0.2, -0.15) is 0 Å². The Morgan fingerprint density at radius 2 is 1.25 bits per heavy atom. The molecule has 3 aromatic rings. The summed E-state index contributed by atoms with van der Waals surface area (Å²) >= 11 is 0. The highest BCUT2D eigenvalue weighted by molar-refractivity contribution is 5.95. The Morgan fingerprint density at radius 3 is 1.84 bits per heavy atom. The minimum absolute atomic E-state index is 0.0488. The van der Waals surface area contributed by atoms with Crippen LogP contribution < -0.4 is 31.3 Å². The minimum atomic E-state index is -1.63. The zero-order chi connectivity index (χ0) is 45.2. The van der Waals surface area contributed by atoms with E-state index in [0.717, 1.165) is 0 Å². The normalized spacial score (nSPS) is 14.6. The van der Waals surface area contributed by atoms with Crippen LogP contribution in [0.15, 0.2) is 84.9 Å². The topological polar surface area (TPSA) is 270 Å². The molecule has 0 heterocycles. The van der Waals surface area contributed by atoms with Crippen molar-refractivity contribution in [2.75, 3.05) is 0 Å². The summed E-state index contributed by atoms with van der Waals surface area (Å²) in [5, 5.41) is 53.6. The monoisotopic (exact) mass is 847 g/mol. The van der Waals surface area contributed by atoms with Gasteiger partial charge in [-0.1, -0.05) is 88.4 Å². The van der Waals surface area contributed by atoms with Crippen LogP contribution in [0.4, 0.5) is 0 Å². The van der Waals surface area contributed by atoms with Crippen LogP contribution in [-0.2, 0) is 40.0 Å². The molecule has 9 N–H and O–H groups in total. The molecule has 0 spiro atoms. The highest BCUT2D eigenvalue weighted by Gasteiger charge is 2.33. The predicted molar refractivity (Wildman–Crippen MR) is 223 cm³/mol. The van der Waals surface area contributed by atoms with Crippen molar-refractivity contribution in [1.82, 2.24) is 26.6 Å². The zero-order valence-corrected chi connectivity index (χ0v) is 34.9. The summed E-state index contributed by atoms with van der Waals surface area (Å²) in [5.74, 6) is -6.41. The van der Waals surface area contributed by atoms with E-state index in [9.17, 15) is 54.0 Å². The fraction of sp³-hybridized carbons (Fsp3) is 0.432. The van der Waals surface area contributed by atoms with Gasteiger partial charge in [-0.05, 0) is 67.0 Å². The van der Waals surface area contributed by atoms with Crippen LogP contribution in [0, 0.1) is 11.8 Å². The molecule has 7 atom stereocenters. The van der Waals surface area contributed by atoms with Crippen molar-refractivity contribution in [3.8, 4) is 11.5 Å². The number of rotatable bonds is 24. The maximum Gasteiger partial charge on any atom is 0.326 e. The standard InChI is InChI=1S/C44H57N5O12/c1-25(2)21-33(47-43(58)39(54)29-15-12-18-31(23-29)61-30-16-10-7-11-17-30)35(50)24-36(51)49-38(26(3)4)42(57)45-27(5)40(55)46-32(19-20-37(52)53)41(56)48-34(44(59)60)22-28-13-8-6-9-14-28/h6-18,23,25-27,32-35,38-39,50,54H,19-22,24H2,1-5H3,(H,45,57)(H,46,55)(H,47,58)(H,48,56)(H,49,51)(H,52,53)(H,59,60)/t27-,32-,33?,34-,35+,38-,39?/m1/s1. The van der Waals surface area contributed by atoms with E-state index in [1.165, 1.54) is 13.0 Å². The molecule has 0 radical (unpaired) electrons. The number of hydrogen-bond acceptors (Lipinski definition) is 10. The zero-order valence-electron chi connectivity index (χ0n) is 34.9. The van der Waals surface area contributed by atoms with Gasteiger partial charge >= 0.3 is 11.9 Å². The summed E-state index contributed by atoms with van der Waals surface area (Å²) < 4.78 is 5.81. The number of carboxylic acids is 2. The van der Waals surface area contributed by atoms with Gasteiger partial charge in [0.25, 0.3) is 5.91 Å². The van der Waals surface area contributed by atoms with Crippen molar-refractivity contribution in [3.63, 3.8) is 0 Å². The summed E-state index contributed by atoms with van der Waals surface area (Å²) in [7, 11) is 0. The molecule has 2 unspecified atom stereocenters. The summed E-state index contributed by atoms with van der Waals surface area (Å²) in [6.07, 6.45) is -4.37. The molecule has 330 valence electrons. The first-order valence-corrected chi connectivity index (χ1v) is 20.0. The lowest BCUT2D eigenvalue weighted by Gasteiger charge is -2.28. The largest absolute Gasteiger partial charge is 0.481 e. The Kier molecular flexibility index (Phi) is 19.3. The summed E-state index contributed by atoms with van der Waals surface area (Å²) in [4.78, 5) is 89.7. The van der Waals surface area contributed by atoms with Gasteiger partial charge in [0.1, 0.15) is 35.7 Å². The summed E-state index contributed by atoms with van der Waals surface area (Å²) in [6, 6.07) is 17.4. The number of carbonyl (C=O) groups excluding carboxylic acids is 5. The van der Waals surface area contributed by atoms with Crippen LogP contribution in [0.2, 0.25) is 0 Å². The number of amides is 5. The number of para-hydroxylation sites is 1. The molecule has 0 saturated heterocycles. The summed E-state index contributed by atoms with van der Waals surface area (Å²) in [6.45, 7) is 8.27. The van der Waals surface area contributed by atoms with Gasteiger partial charge in [0.15, 0.2) is 6.10 Å². The third kappa shape index (κ3) is 16.7. The molecule has 17 nitrogen and oxygen atoms in total. The Bertz CT molecular complexity index is 1940. The lowest BCUT2D eigenvalue weighted by atomic mass is 9.96. The second kappa shape index (κ2) is 24.1. The van der Waals surface area contributed by atoms with Crippen molar-refractivity contribution in [1.29, 1.82) is 0 Å². The van der Waals surface area contributed by atoms with E-state index >= 15 is 0 Å². The SMILES string of the molecule is CC(C)CC(NC(=O)C(O)c1cccc(Oc2ccccc2)c1)[C@@H](O)CC(=O)N[C@@H](C(=O)N[C@H](C)C(=O)N[C@H](CCC(=O)O)C(=O)N[C@H](Cc1ccccc1)C(=O)O)C(C)C. The number of carboxylic acid groups (broad SMARTS) is 2. The van der Waals surface area contributed by atoms with Gasteiger partial charge in [-0.25, -0.2) is 4.79 Å². The fourth-order valence-electron chi connectivity index (χ4n) is 6.23. The number of nitrogens with one attached hydrogen (secondary N) is 5. The van der Waals surface area contributed by atoms with Gasteiger partial charge in [-0.15, -0.1) is 0 Å². The molecule has 0 saturated carbocycles. The van der Waals surface area contributed by atoms with Crippen molar-refractivity contribution in [2.45, 2.75) is 109 Å². The van der Waals surface area contributed by atoms with E-state index in [1.54, 1.807) is 86.6 Å². The maximum atomic E-state index is 13.4. The lowest BCUT2D eigenvalue weighted by Crippen LogP contribution is -2.58.